The molecule has 0 fully saturated rings. The number of hydrogen-bond donors (Lipinski definition) is 0. The number of furan rings is 1. The minimum atomic E-state index is -0.278. The van der Waals surface area contributed by atoms with Crippen molar-refractivity contribution in [3.8, 4) is 45.2 Å². The van der Waals surface area contributed by atoms with Crippen LogP contribution in [0.2, 0.25) is 0 Å². The Labute approximate surface area is 270 Å². The van der Waals surface area contributed by atoms with Crippen molar-refractivity contribution in [2.24, 2.45) is 0 Å². The predicted molar refractivity (Wildman–Crippen MR) is 191 cm³/mol. The van der Waals surface area contributed by atoms with Gasteiger partial charge in [-0.05, 0) is 71.3 Å². The third-order valence-electron chi connectivity index (χ3n) is 9.87. The van der Waals surface area contributed by atoms with Gasteiger partial charge in [0.25, 0.3) is 0 Å². The van der Waals surface area contributed by atoms with E-state index in [1.165, 1.54) is 21.8 Å². The molecule has 0 saturated heterocycles. The SMILES string of the molecule is c1ccc2c(c1)OB1c3ccc(-n4c5ccccc5c5ccccc54)cc3Oc3cc(-c4ccc5oc6ccccc6c5c4)cc-2c31. The number of hydrogen-bond acceptors (Lipinski definition) is 3. The van der Waals surface area contributed by atoms with Crippen molar-refractivity contribution in [3.05, 3.63) is 146 Å². The maximum Gasteiger partial charge on any atom is 0.434 e. The van der Waals surface area contributed by atoms with E-state index >= 15 is 0 Å². The summed E-state index contributed by atoms with van der Waals surface area (Å²) in [6.07, 6.45) is 0. The molecule has 9 aromatic rings. The van der Waals surface area contributed by atoms with E-state index in [1.54, 1.807) is 0 Å². The highest BCUT2D eigenvalue weighted by atomic mass is 16.5. The van der Waals surface area contributed by atoms with Crippen molar-refractivity contribution >= 4 is 61.6 Å². The summed E-state index contributed by atoms with van der Waals surface area (Å²) in [4.78, 5) is 0. The molecule has 0 saturated carbocycles. The monoisotopic (exact) mass is 601 g/mol. The van der Waals surface area contributed by atoms with Gasteiger partial charge in [-0.2, -0.15) is 0 Å². The molecule has 0 bridgehead atoms. The number of benzene rings is 7. The first-order chi connectivity index (χ1) is 23.3. The molecule has 0 aliphatic carbocycles. The molecule has 0 N–H and O–H groups in total. The summed E-state index contributed by atoms with van der Waals surface area (Å²) in [5.41, 5.74) is 11.7. The summed E-state index contributed by atoms with van der Waals surface area (Å²) in [5.74, 6) is 2.50. The molecular formula is C42H24BNO3. The van der Waals surface area contributed by atoms with Crippen LogP contribution in [0, 0.1) is 0 Å². The van der Waals surface area contributed by atoms with Crippen LogP contribution in [0.5, 0.6) is 17.2 Å². The van der Waals surface area contributed by atoms with Crippen LogP contribution in [-0.2, 0) is 0 Å². The fraction of sp³-hybridized carbons (Fsp3) is 0. The minimum absolute atomic E-state index is 0.278. The molecular weight excluding hydrogens is 577 g/mol. The molecule has 2 aliphatic rings. The molecule has 2 aliphatic heterocycles. The van der Waals surface area contributed by atoms with Crippen molar-refractivity contribution < 1.29 is 13.8 Å². The number of ether oxygens (including phenoxy) is 1. The van der Waals surface area contributed by atoms with Crippen LogP contribution in [0.25, 0.3) is 71.7 Å². The summed E-state index contributed by atoms with van der Waals surface area (Å²) in [5, 5.41) is 4.69. The zero-order chi connectivity index (χ0) is 30.6. The highest BCUT2D eigenvalue weighted by Gasteiger charge is 2.41. The lowest BCUT2D eigenvalue weighted by molar-refractivity contribution is 0.479. The molecule has 0 atom stereocenters. The van der Waals surface area contributed by atoms with Crippen LogP contribution in [0.3, 0.4) is 0 Å². The summed E-state index contributed by atoms with van der Waals surface area (Å²) in [6.45, 7) is -0.278. The summed E-state index contributed by atoms with van der Waals surface area (Å²) < 4.78 is 22.1. The molecule has 7 aromatic carbocycles. The van der Waals surface area contributed by atoms with E-state index in [9.17, 15) is 0 Å². The first-order valence-corrected chi connectivity index (χ1v) is 15.9. The molecule has 218 valence electrons. The highest BCUT2D eigenvalue weighted by Crippen LogP contribution is 2.43. The molecule has 4 nitrogen and oxygen atoms in total. The Bertz CT molecular complexity index is 2720. The Morgan fingerprint density at radius 2 is 1.19 bits per heavy atom. The largest absolute Gasteiger partial charge is 0.551 e. The maximum absolute atomic E-state index is 6.90. The molecule has 0 spiro atoms. The smallest absolute Gasteiger partial charge is 0.434 e. The van der Waals surface area contributed by atoms with Gasteiger partial charge in [0.2, 0.25) is 0 Å². The topological polar surface area (TPSA) is 36.5 Å². The van der Waals surface area contributed by atoms with Crippen molar-refractivity contribution in [2.45, 2.75) is 0 Å². The van der Waals surface area contributed by atoms with Gasteiger partial charge in [0.15, 0.2) is 0 Å². The van der Waals surface area contributed by atoms with Crippen molar-refractivity contribution in [2.75, 3.05) is 0 Å². The predicted octanol–water partition coefficient (Wildman–Crippen LogP) is 9.62. The van der Waals surface area contributed by atoms with Gasteiger partial charge in [-0.15, -0.1) is 0 Å². The van der Waals surface area contributed by atoms with E-state index in [0.29, 0.717) is 0 Å². The Balaban J connectivity index is 1.12. The Kier molecular flexibility index (Phi) is 4.89. The molecule has 5 heteroatoms. The van der Waals surface area contributed by atoms with Gasteiger partial charge in [0.1, 0.15) is 28.4 Å². The lowest BCUT2D eigenvalue weighted by Crippen LogP contribution is -2.53. The number of rotatable bonds is 2. The number of aromatic nitrogens is 1. The third-order valence-corrected chi connectivity index (χ3v) is 9.87. The van der Waals surface area contributed by atoms with Crippen LogP contribution in [-0.4, -0.2) is 11.5 Å². The zero-order valence-corrected chi connectivity index (χ0v) is 25.1. The Hall–Kier alpha value is -6.20. The molecule has 0 radical (unpaired) electrons. The van der Waals surface area contributed by atoms with E-state index < -0.39 is 0 Å². The molecule has 0 amide bonds. The maximum atomic E-state index is 6.90. The standard InChI is InChI=1S/C42H24BNO3/c1-5-13-35-28(9-1)29-10-2-6-14-36(29)44(35)27-18-19-34-40(24-27)46-41-23-26(22-33-31-12-4-8-16-39(31)47-43(34)42(33)41)25-17-20-38-32(21-25)30-11-3-7-15-37(30)45-38/h1-24H. The average Bonchev–Trinajstić information content (AvgIpc) is 3.67. The first-order valence-electron chi connectivity index (χ1n) is 15.9. The van der Waals surface area contributed by atoms with Crippen LogP contribution in [0.4, 0.5) is 0 Å². The fourth-order valence-electron chi connectivity index (χ4n) is 7.76. The van der Waals surface area contributed by atoms with Gasteiger partial charge >= 0.3 is 6.92 Å². The Morgan fingerprint density at radius 3 is 2.04 bits per heavy atom. The number of nitrogens with zero attached hydrogens (tertiary/aromatic N) is 1. The second kappa shape index (κ2) is 9.18. The normalized spacial score (nSPS) is 13.0. The summed E-state index contributed by atoms with van der Waals surface area (Å²) >= 11 is 0. The summed E-state index contributed by atoms with van der Waals surface area (Å²) in [7, 11) is 0. The lowest BCUT2D eigenvalue weighted by atomic mass is 9.50. The Morgan fingerprint density at radius 1 is 0.468 bits per heavy atom. The minimum Gasteiger partial charge on any atom is -0.551 e. The van der Waals surface area contributed by atoms with E-state index in [2.05, 4.69) is 132 Å². The van der Waals surface area contributed by atoms with Crippen molar-refractivity contribution in [1.82, 2.24) is 4.57 Å². The van der Waals surface area contributed by atoms with Crippen molar-refractivity contribution in [3.63, 3.8) is 0 Å². The fourth-order valence-corrected chi connectivity index (χ4v) is 7.76. The average molecular weight is 601 g/mol. The molecule has 47 heavy (non-hydrogen) atoms. The van der Waals surface area contributed by atoms with Gasteiger partial charge in [-0.25, -0.2) is 0 Å². The number of para-hydroxylation sites is 4. The first kappa shape index (κ1) is 25.0. The summed E-state index contributed by atoms with van der Waals surface area (Å²) in [6, 6.07) is 51.1. The van der Waals surface area contributed by atoms with E-state index in [1.807, 2.05) is 18.2 Å². The zero-order valence-electron chi connectivity index (χ0n) is 25.1. The van der Waals surface area contributed by atoms with Gasteiger partial charge in [0, 0.05) is 49.8 Å². The second-order valence-electron chi connectivity index (χ2n) is 12.4. The van der Waals surface area contributed by atoms with Crippen LogP contribution < -0.4 is 20.3 Å². The van der Waals surface area contributed by atoms with Crippen LogP contribution in [0.15, 0.2) is 150 Å². The van der Waals surface area contributed by atoms with E-state index in [0.717, 1.165) is 78.1 Å². The number of fused-ring (bicyclic) bond motifs is 10. The van der Waals surface area contributed by atoms with E-state index in [-0.39, 0.29) is 6.92 Å². The van der Waals surface area contributed by atoms with Crippen LogP contribution >= 0.6 is 0 Å². The van der Waals surface area contributed by atoms with Crippen LogP contribution in [0.1, 0.15) is 0 Å². The molecule has 0 unspecified atom stereocenters. The van der Waals surface area contributed by atoms with Gasteiger partial charge in [0.05, 0.1) is 11.0 Å². The van der Waals surface area contributed by atoms with Gasteiger partial charge in [-0.3, -0.25) is 0 Å². The van der Waals surface area contributed by atoms with Gasteiger partial charge in [-0.1, -0.05) is 84.9 Å². The quantitative estimate of drug-likeness (QED) is 0.185. The molecule has 2 aromatic heterocycles. The van der Waals surface area contributed by atoms with E-state index in [4.69, 9.17) is 13.8 Å². The van der Waals surface area contributed by atoms with Gasteiger partial charge < -0.3 is 18.4 Å². The highest BCUT2D eigenvalue weighted by molar-refractivity contribution is 6.84. The van der Waals surface area contributed by atoms with Crippen molar-refractivity contribution in [1.29, 1.82) is 0 Å². The lowest BCUT2D eigenvalue weighted by Gasteiger charge is -2.33. The third kappa shape index (κ3) is 3.48. The second-order valence-corrected chi connectivity index (χ2v) is 12.4. The molecule has 4 heterocycles. The molecule has 11 rings (SSSR count).